The van der Waals surface area contributed by atoms with Crippen LogP contribution >= 0.6 is 11.8 Å². The first kappa shape index (κ1) is 17.0. The summed E-state index contributed by atoms with van der Waals surface area (Å²) < 4.78 is 25.8. The maximum Gasteiger partial charge on any atom is 0.335 e. The zero-order valence-corrected chi connectivity index (χ0v) is 13.4. The van der Waals surface area contributed by atoms with E-state index in [1.54, 1.807) is 18.8 Å². The van der Waals surface area contributed by atoms with Gasteiger partial charge in [0.15, 0.2) is 0 Å². The van der Waals surface area contributed by atoms with Crippen molar-refractivity contribution in [1.29, 1.82) is 0 Å². The monoisotopic (exact) mass is 317 g/mol. The van der Waals surface area contributed by atoms with Crippen LogP contribution in [0.15, 0.2) is 24.3 Å². The van der Waals surface area contributed by atoms with Crippen LogP contribution in [0.25, 0.3) is 0 Å². The minimum Gasteiger partial charge on any atom is -0.478 e. The lowest BCUT2D eigenvalue weighted by Crippen LogP contribution is -2.37. The lowest BCUT2D eigenvalue weighted by Gasteiger charge is -2.23. The van der Waals surface area contributed by atoms with Gasteiger partial charge in [-0.05, 0) is 30.9 Å². The largest absolute Gasteiger partial charge is 0.478 e. The molecule has 7 heteroatoms. The van der Waals surface area contributed by atoms with Gasteiger partial charge in [0, 0.05) is 18.8 Å². The molecule has 1 aromatic carbocycles. The van der Waals surface area contributed by atoms with Crippen LogP contribution in [-0.2, 0) is 15.8 Å². The number of hydrogen-bond acceptors (Lipinski definition) is 4. The molecule has 0 amide bonds. The van der Waals surface area contributed by atoms with Gasteiger partial charge in [-0.3, -0.25) is 0 Å². The molecule has 0 bridgehead atoms. The van der Waals surface area contributed by atoms with Crippen LogP contribution in [0.2, 0.25) is 0 Å². The van der Waals surface area contributed by atoms with Gasteiger partial charge >= 0.3 is 5.97 Å². The first-order valence-corrected chi connectivity index (χ1v) is 9.05. The summed E-state index contributed by atoms with van der Waals surface area (Å²) in [6.07, 6.45) is 1.93. The summed E-state index contributed by atoms with van der Waals surface area (Å²) in [4.78, 5) is 10.7. The van der Waals surface area contributed by atoms with Crippen molar-refractivity contribution in [3.63, 3.8) is 0 Å². The molecule has 1 atom stereocenters. The highest BCUT2D eigenvalue weighted by molar-refractivity contribution is 7.98. The molecule has 0 aliphatic rings. The lowest BCUT2D eigenvalue weighted by atomic mass is 10.1. The van der Waals surface area contributed by atoms with Gasteiger partial charge < -0.3 is 5.11 Å². The molecule has 0 radical (unpaired) electrons. The third-order valence-electron chi connectivity index (χ3n) is 3.02. The Hall–Kier alpha value is -1.05. The Bertz CT molecular complexity index is 554. The van der Waals surface area contributed by atoms with Crippen molar-refractivity contribution < 1.29 is 18.3 Å². The molecule has 0 spiro atoms. The van der Waals surface area contributed by atoms with Gasteiger partial charge in [0.25, 0.3) is 0 Å². The normalized spacial score (nSPS) is 13.4. The number of carbonyl (C=O) groups is 1. The Balaban J connectivity index is 2.82. The Morgan fingerprint density at radius 2 is 1.90 bits per heavy atom. The Morgan fingerprint density at radius 1 is 1.35 bits per heavy atom. The van der Waals surface area contributed by atoms with Crippen molar-refractivity contribution in [3.05, 3.63) is 35.4 Å². The average molecular weight is 317 g/mol. The van der Waals surface area contributed by atoms with Crippen LogP contribution in [-0.4, -0.2) is 48.9 Å². The van der Waals surface area contributed by atoms with E-state index in [4.69, 9.17) is 5.11 Å². The van der Waals surface area contributed by atoms with Crippen LogP contribution in [0, 0.1) is 0 Å². The summed E-state index contributed by atoms with van der Waals surface area (Å²) in [7, 11) is -1.82. The fourth-order valence-corrected chi connectivity index (χ4v) is 3.92. The van der Waals surface area contributed by atoms with Gasteiger partial charge in [0.1, 0.15) is 0 Å². The van der Waals surface area contributed by atoms with Crippen molar-refractivity contribution >= 4 is 27.8 Å². The van der Waals surface area contributed by atoms with Gasteiger partial charge in [0.05, 0.1) is 11.3 Å². The van der Waals surface area contributed by atoms with Crippen molar-refractivity contribution in [3.8, 4) is 0 Å². The van der Waals surface area contributed by atoms with E-state index in [0.29, 0.717) is 5.56 Å². The predicted molar refractivity (Wildman–Crippen MR) is 81.6 cm³/mol. The number of rotatable bonds is 7. The highest BCUT2D eigenvalue weighted by Crippen LogP contribution is 2.15. The summed E-state index contributed by atoms with van der Waals surface area (Å²) in [5, 5.41) is 8.80. The second-order valence-corrected chi connectivity index (χ2v) is 7.52. The predicted octanol–water partition coefficient (Wildman–Crippen LogP) is 1.90. The molecule has 0 aliphatic carbocycles. The third kappa shape index (κ3) is 4.50. The van der Waals surface area contributed by atoms with E-state index < -0.39 is 16.0 Å². The van der Waals surface area contributed by atoms with E-state index in [1.807, 2.05) is 13.2 Å². The van der Waals surface area contributed by atoms with E-state index in [0.717, 1.165) is 5.75 Å². The van der Waals surface area contributed by atoms with Crippen molar-refractivity contribution in [1.82, 2.24) is 4.31 Å². The highest BCUT2D eigenvalue weighted by Gasteiger charge is 2.23. The van der Waals surface area contributed by atoms with Crippen LogP contribution in [0.1, 0.15) is 22.8 Å². The summed E-state index contributed by atoms with van der Waals surface area (Å²) in [5.41, 5.74) is 0.730. The Kier molecular flexibility index (Phi) is 6.04. The molecule has 1 rings (SSSR count). The zero-order valence-electron chi connectivity index (χ0n) is 11.7. The first-order valence-electron chi connectivity index (χ1n) is 6.05. The summed E-state index contributed by atoms with van der Waals surface area (Å²) >= 11 is 1.59. The SMILES string of the molecule is CSCC(C)N(C)S(=O)(=O)Cc1ccc(C(=O)O)cc1. The molecule has 0 saturated heterocycles. The highest BCUT2D eigenvalue weighted by atomic mass is 32.2. The molecule has 112 valence electrons. The maximum atomic E-state index is 12.2. The number of carboxylic acid groups (broad SMARTS) is 1. The topological polar surface area (TPSA) is 74.7 Å². The zero-order chi connectivity index (χ0) is 15.3. The smallest absolute Gasteiger partial charge is 0.335 e. The number of sulfonamides is 1. The van der Waals surface area contributed by atoms with E-state index in [1.165, 1.54) is 28.6 Å². The number of thioether (sulfide) groups is 1. The molecule has 1 N–H and O–H groups in total. The number of benzene rings is 1. The van der Waals surface area contributed by atoms with Crippen molar-refractivity contribution in [2.45, 2.75) is 18.7 Å². The summed E-state index contributed by atoms with van der Waals surface area (Å²) in [6, 6.07) is 5.83. The number of nitrogens with zero attached hydrogens (tertiary/aromatic N) is 1. The van der Waals surface area contributed by atoms with Gasteiger partial charge in [0.2, 0.25) is 10.0 Å². The molecule has 5 nitrogen and oxygen atoms in total. The Morgan fingerprint density at radius 3 is 2.35 bits per heavy atom. The molecule has 0 aliphatic heterocycles. The van der Waals surface area contributed by atoms with Crippen LogP contribution in [0.3, 0.4) is 0 Å². The van der Waals surface area contributed by atoms with E-state index in [9.17, 15) is 13.2 Å². The number of hydrogen-bond donors (Lipinski definition) is 1. The first-order chi connectivity index (χ1) is 9.27. The second-order valence-electron chi connectivity index (χ2n) is 4.58. The van der Waals surface area contributed by atoms with E-state index in [-0.39, 0.29) is 17.4 Å². The van der Waals surface area contributed by atoms with Gasteiger partial charge in [-0.15, -0.1) is 0 Å². The molecule has 1 unspecified atom stereocenters. The van der Waals surface area contributed by atoms with Crippen LogP contribution in [0.4, 0.5) is 0 Å². The summed E-state index contributed by atoms with van der Waals surface area (Å²) in [5.74, 6) is -0.416. The molecule has 1 aromatic rings. The van der Waals surface area contributed by atoms with Crippen molar-refractivity contribution in [2.75, 3.05) is 19.1 Å². The average Bonchev–Trinajstić information content (AvgIpc) is 2.38. The fraction of sp³-hybridized carbons (Fsp3) is 0.462. The maximum absolute atomic E-state index is 12.2. The molecular weight excluding hydrogens is 298 g/mol. The lowest BCUT2D eigenvalue weighted by molar-refractivity contribution is 0.0697. The second kappa shape index (κ2) is 7.10. The van der Waals surface area contributed by atoms with Crippen LogP contribution < -0.4 is 0 Å². The van der Waals surface area contributed by atoms with E-state index in [2.05, 4.69) is 0 Å². The van der Waals surface area contributed by atoms with E-state index >= 15 is 0 Å². The molecule has 0 heterocycles. The summed E-state index contributed by atoms with van der Waals surface area (Å²) in [6.45, 7) is 1.86. The minimum atomic E-state index is -3.40. The van der Waals surface area contributed by atoms with Gasteiger partial charge in [-0.25, -0.2) is 17.5 Å². The Labute approximate surface area is 124 Å². The molecule has 0 saturated carbocycles. The molecule has 0 fully saturated rings. The quantitative estimate of drug-likeness (QED) is 0.831. The van der Waals surface area contributed by atoms with Gasteiger partial charge in [-0.1, -0.05) is 12.1 Å². The molecule has 0 aromatic heterocycles. The standard InChI is InChI=1S/C13H19NO4S2/c1-10(8-19-3)14(2)20(17,18)9-11-4-6-12(7-5-11)13(15)16/h4-7,10H,8-9H2,1-3H3,(H,15,16). The molecule has 20 heavy (non-hydrogen) atoms. The third-order valence-corrected chi connectivity index (χ3v) is 5.77. The molecular formula is C13H19NO4S2. The van der Waals surface area contributed by atoms with Crippen LogP contribution in [0.5, 0.6) is 0 Å². The minimum absolute atomic E-state index is 0.0757. The number of carboxylic acids is 1. The fourth-order valence-electron chi connectivity index (χ4n) is 1.68. The van der Waals surface area contributed by atoms with Gasteiger partial charge in [-0.2, -0.15) is 11.8 Å². The van der Waals surface area contributed by atoms with Crippen molar-refractivity contribution in [2.24, 2.45) is 0 Å². The number of aromatic carboxylic acids is 1.